The van der Waals surface area contributed by atoms with Crippen molar-refractivity contribution in [2.75, 3.05) is 13.7 Å². The molecule has 8 nitrogen and oxygen atoms in total. The zero-order valence-electron chi connectivity index (χ0n) is 20.1. The van der Waals surface area contributed by atoms with Gasteiger partial charge in [-0.25, -0.2) is 9.97 Å². The van der Waals surface area contributed by atoms with Crippen LogP contribution in [0.5, 0.6) is 5.75 Å². The van der Waals surface area contributed by atoms with E-state index in [9.17, 15) is 18.0 Å². The average molecular weight is 512 g/mol. The van der Waals surface area contributed by atoms with Crippen LogP contribution in [-0.2, 0) is 6.18 Å². The third kappa shape index (κ3) is 4.50. The number of halogens is 3. The van der Waals surface area contributed by atoms with Crippen LogP contribution in [0.2, 0.25) is 0 Å². The van der Waals surface area contributed by atoms with Gasteiger partial charge in [0.05, 0.1) is 19.2 Å². The van der Waals surface area contributed by atoms with E-state index in [0.717, 1.165) is 24.5 Å². The minimum Gasteiger partial charge on any atom is -0.494 e. The van der Waals surface area contributed by atoms with Crippen LogP contribution >= 0.6 is 0 Å². The van der Waals surface area contributed by atoms with Crippen LogP contribution in [0.4, 0.5) is 13.2 Å². The Labute approximate surface area is 210 Å². The number of likely N-dealkylation sites (tertiary alicyclic amines) is 1. The number of carbonyl (C=O) groups is 1. The zero-order chi connectivity index (χ0) is 26.3. The van der Waals surface area contributed by atoms with Gasteiger partial charge in [0.25, 0.3) is 5.91 Å². The van der Waals surface area contributed by atoms with Crippen molar-refractivity contribution in [2.45, 2.75) is 38.0 Å². The summed E-state index contributed by atoms with van der Waals surface area (Å²) < 4.78 is 51.2. The summed E-state index contributed by atoms with van der Waals surface area (Å²) >= 11 is 0. The van der Waals surface area contributed by atoms with E-state index in [0.29, 0.717) is 17.5 Å². The van der Waals surface area contributed by atoms with Crippen molar-refractivity contribution in [3.05, 3.63) is 71.5 Å². The highest BCUT2D eigenvalue weighted by atomic mass is 19.4. The van der Waals surface area contributed by atoms with Crippen molar-refractivity contribution in [1.29, 1.82) is 0 Å². The number of nitrogens with two attached hydrogens (primary N) is 1. The van der Waals surface area contributed by atoms with Gasteiger partial charge in [-0.3, -0.25) is 9.78 Å². The lowest BCUT2D eigenvalue weighted by Gasteiger charge is -2.24. The maximum absolute atomic E-state index is 13.7. The Morgan fingerprint density at radius 3 is 2.70 bits per heavy atom. The highest BCUT2D eigenvalue weighted by Crippen LogP contribution is 2.39. The largest absolute Gasteiger partial charge is 0.494 e. The molecule has 0 spiro atoms. The van der Waals surface area contributed by atoms with Gasteiger partial charge < -0.3 is 19.8 Å². The third-order valence-electron chi connectivity index (χ3n) is 6.41. The van der Waals surface area contributed by atoms with Crippen LogP contribution in [-0.4, -0.2) is 39.4 Å². The normalized spacial score (nSPS) is 16.8. The molecule has 2 atom stereocenters. The molecular formula is C26H24F3N5O3. The Bertz CT molecular complexity index is 1450. The van der Waals surface area contributed by atoms with Gasteiger partial charge >= 0.3 is 6.18 Å². The summed E-state index contributed by atoms with van der Waals surface area (Å²) in [5.74, 6) is 0.0862. The number of pyridine rings is 2. The van der Waals surface area contributed by atoms with Crippen LogP contribution in [0, 0.1) is 0 Å². The number of oxazole rings is 1. The number of fused-ring (bicyclic) bond motifs is 1. The molecule has 1 aliphatic heterocycles. The number of hydrogen-bond acceptors (Lipinski definition) is 7. The molecule has 0 radical (unpaired) electrons. The molecule has 5 rings (SSSR count). The van der Waals surface area contributed by atoms with E-state index in [2.05, 4.69) is 15.0 Å². The van der Waals surface area contributed by atoms with Crippen molar-refractivity contribution in [2.24, 2.45) is 5.73 Å². The Hall–Kier alpha value is -3.99. The second kappa shape index (κ2) is 9.47. The SMILES string of the molecule is COc1ccc(-c2nc(C(=O)N3CCCC3c3cccnc3)c([C@H](C)N)o2)c2ccc(C(F)(F)F)nc12. The summed E-state index contributed by atoms with van der Waals surface area (Å²) in [4.78, 5) is 27.9. The van der Waals surface area contributed by atoms with E-state index in [1.54, 1.807) is 30.3 Å². The Balaban J connectivity index is 1.59. The molecular weight excluding hydrogens is 487 g/mol. The van der Waals surface area contributed by atoms with Crippen LogP contribution in [0.1, 0.15) is 59.4 Å². The van der Waals surface area contributed by atoms with Crippen molar-refractivity contribution >= 4 is 16.8 Å². The van der Waals surface area contributed by atoms with Crippen molar-refractivity contribution in [1.82, 2.24) is 19.9 Å². The molecule has 2 N–H and O–H groups in total. The highest BCUT2D eigenvalue weighted by Gasteiger charge is 2.36. The van der Waals surface area contributed by atoms with Crippen molar-refractivity contribution < 1.29 is 27.1 Å². The number of alkyl halides is 3. The predicted molar refractivity (Wildman–Crippen MR) is 129 cm³/mol. The molecule has 192 valence electrons. The fraction of sp³-hybridized carbons (Fsp3) is 0.308. The minimum absolute atomic E-state index is 0.000525. The van der Waals surface area contributed by atoms with E-state index in [1.807, 2.05) is 12.1 Å². The zero-order valence-corrected chi connectivity index (χ0v) is 20.1. The van der Waals surface area contributed by atoms with Crippen LogP contribution < -0.4 is 10.5 Å². The van der Waals surface area contributed by atoms with Crippen molar-refractivity contribution in [3.63, 3.8) is 0 Å². The maximum atomic E-state index is 13.7. The van der Waals surface area contributed by atoms with Gasteiger partial charge in [0.1, 0.15) is 17.0 Å². The summed E-state index contributed by atoms with van der Waals surface area (Å²) in [6, 6.07) is 8.21. The number of benzene rings is 1. The molecule has 11 heteroatoms. The van der Waals surface area contributed by atoms with Gasteiger partial charge in [-0.05, 0) is 55.7 Å². The number of methoxy groups -OCH3 is 1. The molecule has 1 fully saturated rings. The van der Waals surface area contributed by atoms with E-state index in [4.69, 9.17) is 14.9 Å². The molecule has 0 aliphatic carbocycles. The van der Waals surface area contributed by atoms with Gasteiger partial charge in [0.15, 0.2) is 11.5 Å². The molecule has 37 heavy (non-hydrogen) atoms. The smallest absolute Gasteiger partial charge is 0.433 e. The van der Waals surface area contributed by atoms with E-state index in [-0.39, 0.29) is 40.6 Å². The molecule has 3 aromatic heterocycles. The second-order valence-corrected chi connectivity index (χ2v) is 8.87. The highest BCUT2D eigenvalue weighted by molar-refractivity contribution is 5.98. The summed E-state index contributed by atoms with van der Waals surface area (Å²) in [5.41, 5.74) is 6.45. The number of rotatable bonds is 5. The first-order chi connectivity index (χ1) is 17.7. The second-order valence-electron chi connectivity index (χ2n) is 8.87. The number of aromatic nitrogens is 3. The monoisotopic (exact) mass is 511 g/mol. The first kappa shape index (κ1) is 24.7. The molecule has 1 amide bonds. The average Bonchev–Trinajstić information content (AvgIpc) is 3.55. The number of nitrogens with zero attached hydrogens (tertiary/aromatic N) is 4. The molecule has 1 aromatic carbocycles. The van der Waals surface area contributed by atoms with Gasteiger partial charge in [-0.15, -0.1) is 0 Å². The van der Waals surface area contributed by atoms with Gasteiger partial charge in [0.2, 0.25) is 5.89 Å². The number of hydrogen-bond donors (Lipinski definition) is 1. The first-order valence-corrected chi connectivity index (χ1v) is 11.7. The Morgan fingerprint density at radius 2 is 2.03 bits per heavy atom. The maximum Gasteiger partial charge on any atom is 0.433 e. The molecule has 1 saturated heterocycles. The summed E-state index contributed by atoms with van der Waals surface area (Å²) in [6.45, 7) is 2.21. The van der Waals surface area contributed by atoms with Crippen molar-refractivity contribution in [3.8, 4) is 17.2 Å². The fourth-order valence-corrected chi connectivity index (χ4v) is 4.68. The summed E-state index contributed by atoms with van der Waals surface area (Å²) in [5, 5.41) is 0.332. The molecule has 1 aliphatic rings. The van der Waals surface area contributed by atoms with Gasteiger partial charge in [0, 0.05) is 29.9 Å². The Morgan fingerprint density at radius 1 is 1.22 bits per heavy atom. The lowest BCUT2D eigenvalue weighted by molar-refractivity contribution is -0.140. The van der Waals surface area contributed by atoms with E-state index >= 15 is 0 Å². The van der Waals surface area contributed by atoms with Crippen LogP contribution in [0.25, 0.3) is 22.4 Å². The summed E-state index contributed by atoms with van der Waals surface area (Å²) in [7, 11) is 1.35. The Kier molecular flexibility index (Phi) is 6.32. The van der Waals surface area contributed by atoms with Crippen LogP contribution in [0.3, 0.4) is 0 Å². The number of ether oxygens (including phenoxy) is 1. The molecule has 0 bridgehead atoms. The standard InChI is InChI=1S/C26H24F3N5O3/c1-14(30)23-22(25(35)34-12-4-6-18(34)15-5-3-11-31-13-15)33-24(37-23)17-7-9-19(36-2)21-16(17)8-10-20(32-21)26(27,28)29/h3,5,7-11,13-14,18H,4,6,12,30H2,1-2H3/t14-,18?/m0/s1. The number of carbonyl (C=O) groups excluding carboxylic acids is 1. The van der Waals surface area contributed by atoms with Crippen LogP contribution in [0.15, 0.2) is 53.2 Å². The summed E-state index contributed by atoms with van der Waals surface area (Å²) in [6.07, 6.45) is 0.392. The lowest BCUT2D eigenvalue weighted by atomic mass is 10.1. The molecule has 4 heterocycles. The predicted octanol–water partition coefficient (Wildman–Crippen LogP) is 5.31. The van der Waals surface area contributed by atoms with E-state index < -0.39 is 17.9 Å². The molecule has 4 aromatic rings. The van der Waals surface area contributed by atoms with Gasteiger partial charge in [-0.2, -0.15) is 13.2 Å². The topological polar surface area (TPSA) is 107 Å². The lowest BCUT2D eigenvalue weighted by Crippen LogP contribution is -2.32. The quantitative estimate of drug-likeness (QED) is 0.387. The minimum atomic E-state index is -4.62. The fourth-order valence-electron chi connectivity index (χ4n) is 4.68. The number of amides is 1. The first-order valence-electron chi connectivity index (χ1n) is 11.7. The third-order valence-corrected chi connectivity index (χ3v) is 6.41. The molecule has 0 saturated carbocycles. The molecule has 1 unspecified atom stereocenters. The van der Waals surface area contributed by atoms with Gasteiger partial charge in [-0.1, -0.05) is 6.07 Å². The van der Waals surface area contributed by atoms with E-state index in [1.165, 1.54) is 19.2 Å².